The fraction of sp³-hybridized carbons (Fsp3) is 0.182. The predicted molar refractivity (Wildman–Crippen MR) is 67.6 cm³/mol. The fourth-order valence-corrected chi connectivity index (χ4v) is 1.58. The second kappa shape index (κ2) is 5.83. The van der Waals surface area contributed by atoms with E-state index < -0.39 is 0 Å². The van der Waals surface area contributed by atoms with E-state index in [-0.39, 0.29) is 0 Å². The van der Waals surface area contributed by atoms with Gasteiger partial charge in [0.2, 0.25) is 0 Å². The van der Waals surface area contributed by atoms with E-state index >= 15 is 0 Å². The molecule has 0 bridgehead atoms. The van der Waals surface area contributed by atoms with Gasteiger partial charge < -0.3 is 4.74 Å². The van der Waals surface area contributed by atoms with Crippen LogP contribution in [0.15, 0.2) is 36.4 Å². The van der Waals surface area contributed by atoms with Gasteiger partial charge in [-0.25, -0.2) is 0 Å². The summed E-state index contributed by atoms with van der Waals surface area (Å²) < 4.78 is 5.14. The van der Waals surface area contributed by atoms with Crippen LogP contribution in [0.2, 0.25) is 0 Å². The quantitative estimate of drug-likeness (QED) is 0.479. The molecule has 0 aliphatic heterocycles. The first-order chi connectivity index (χ1) is 6.74. The van der Waals surface area contributed by atoms with E-state index in [4.69, 9.17) is 17.0 Å². The van der Waals surface area contributed by atoms with Crippen LogP contribution in [0.1, 0.15) is 12.5 Å². The summed E-state index contributed by atoms with van der Waals surface area (Å²) >= 11 is 9.33. The fourth-order valence-electron chi connectivity index (χ4n) is 0.988. The lowest BCUT2D eigenvalue weighted by Crippen LogP contribution is -1.96. The van der Waals surface area contributed by atoms with Crippen LogP contribution in [0.5, 0.6) is 0 Å². The van der Waals surface area contributed by atoms with Crippen molar-refractivity contribution in [3.05, 3.63) is 42.0 Å². The molecule has 0 N–H and O–H groups in total. The number of thiol groups is 1. The molecule has 0 amide bonds. The molecule has 0 atom stereocenters. The van der Waals surface area contributed by atoms with Gasteiger partial charge in [-0.3, -0.25) is 0 Å². The first-order valence-electron chi connectivity index (χ1n) is 4.37. The van der Waals surface area contributed by atoms with Gasteiger partial charge in [-0.2, -0.15) is 0 Å². The van der Waals surface area contributed by atoms with Crippen LogP contribution in [0, 0.1) is 0 Å². The molecule has 1 aromatic carbocycles. The Morgan fingerprint density at radius 2 is 2.07 bits per heavy atom. The molecule has 0 spiro atoms. The lowest BCUT2D eigenvalue weighted by molar-refractivity contribution is 0.339. The molecule has 0 unspecified atom stereocenters. The number of benzene rings is 1. The van der Waals surface area contributed by atoms with Crippen LogP contribution in [0.25, 0.3) is 4.91 Å². The Bertz CT molecular complexity index is 330. The van der Waals surface area contributed by atoms with Gasteiger partial charge in [0.15, 0.2) is 5.05 Å². The largest absolute Gasteiger partial charge is 0.484 e. The maximum atomic E-state index is 5.14. The summed E-state index contributed by atoms with van der Waals surface area (Å²) in [4.78, 5) is 0.823. The molecular formula is C11H12OS2. The van der Waals surface area contributed by atoms with Crippen molar-refractivity contribution in [1.82, 2.24) is 0 Å². The molecule has 74 valence electrons. The molecule has 0 aliphatic carbocycles. The zero-order valence-corrected chi connectivity index (χ0v) is 9.65. The summed E-state index contributed by atoms with van der Waals surface area (Å²) in [5.41, 5.74) is 1.04. The average Bonchev–Trinajstić information content (AvgIpc) is 2.19. The van der Waals surface area contributed by atoms with Crippen LogP contribution in [0.4, 0.5) is 0 Å². The number of thiocarbonyl (C=S) groups is 1. The second-order valence-electron chi connectivity index (χ2n) is 2.65. The lowest BCUT2D eigenvalue weighted by atomic mass is 10.2. The summed E-state index contributed by atoms with van der Waals surface area (Å²) in [6.07, 6.45) is 1.75. The highest BCUT2D eigenvalue weighted by Gasteiger charge is 1.97. The van der Waals surface area contributed by atoms with Gasteiger partial charge in [-0.05, 0) is 24.7 Å². The number of hydrogen-bond donors (Lipinski definition) is 1. The molecule has 3 heteroatoms. The van der Waals surface area contributed by atoms with Gasteiger partial charge in [0.25, 0.3) is 0 Å². The zero-order valence-electron chi connectivity index (χ0n) is 7.93. The normalized spacial score (nSPS) is 11.1. The highest BCUT2D eigenvalue weighted by Crippen LogP contribution is 2.17. The third kappa shape index (κ3) is 3.52. The maximum absolute atomic E-state index is 5.14. The molecular weight excluding hydrogens is 212 g/mol. The van der Waals surface area contributed by atoms with E-state index in [1.54, 1.807) is 6.08 Å². The minimum absolute atomic E-state index is 0.473. The summed E-state index contributed by atoms with van der Waals surface area (Å²) in [5.74, 6) is 0. The highest BCUT2D eigenvalue weighted by atomic mass is 32.1. The molecule has 14 heavy (non-hydrogen) atoms. The van der Waals surface area contributed by atoms with Crippen molar-refractivity contribution in [1.29, 1.82) is 0 Å². The Hall–Kier alpha value is -0.800. The molecule has 0 radical (unpaired) electrons. The van der Waals surface area contributed by atoms with Crippen molar-refractivity contribution in [2.24, 2.45) is 0 Å². The maximum Gasteiger partial charge on any atom is 0.184 e. The first-order valence-corrected chi connectivity index (χ1v) is 5.22. The Balaban J connectivity index is 2.75. The van der Waals surface area contributed by atoms with Gasteiger partial charge in [-0.1, -0.05) is 30.3 Å². The van der Waals surface area contributed by atoms with Crippen molar-refractivity contribution >= 4 is 34.8 Å². The van der Waals surface area contributed by atoms with Crippen LogP contribution >= 0.6 is 24.8 Å². The minimum Gasteiger partial charge on any atom is -0.484 e. The van der Waals surface area contributed by atoms with E-state index in [0.717, 1.165) is 10.5 Å². The van der Waals surface area contributed by atoms with Gasteiger partial charge in [0.05, 0.1) is 6.61 Å². The minimum atomic E-state index is 0.473. The highest BCUT2D eigenvalue weighted by molar-refractivity contribution is 7.90. The summed E-state index contributed by atoms with van der Waals surface area (Å²) in [6, 6.07) is 9.85. The number of rotatable bonds is 3. The van der Waals surface area contributed by atoms with Crippen molar-refractivity contribution in [3.63, 3.8) is 0 Å². The van der Waals surface area contributed by atoms with Gasteiger partial charge in [-0.15, -0.1) is 12.6 Å². The Morgan fingerprint density at radius 3 is 2.64 bits per heavy atom. The topological polar surface area (TPSA) is 9.23 Å². The third-order valence-electron chi connectivity index (χ3n) is 1.61. The van der Waals surface area contributed by atoms with Gasteiger partial charge >= 0.3 is 0 Å². The molecule has 1 nitrogen and oxygen atoms in total. The van der Waals surface area contributed by atoms with E-state index in [1.807, 2.05) is 37.3 Å². The van der Waals surface area contributed by atoms with E-state index in [0.29, 0.717) is 11.7 Å². The monoisotopic (exact) mass is 224 g/mol. The number of ether oxygens (including phenoxy) is 1. The Morgan fingerprint density at radius 1 is 1.43 bits per heavy atom. The smallest absolute Gasteiger partial charge is 0.184 e. The van der Waals surface area contributed by atoms with Crippen LogP contribution in [0.3, 0.4) is 0 Å². The Kier molecular flexibility index (Phi) is 4.70. The van der Waals surface area contributed by atoms with Crippen molar-refractivity contribution < 1.29 is 4.74 Å². The summed E-state index contributed by atoms with van der Waals surface area (Å²) in [5, 5.41) is 0.473. The third-order valence-corrected chi connectivity index (χ3v) is 2.23. The molecule has 0 saturated carbocycles. The van der Waals surface area contributed by atoms with Crippen LogP contribution in [-0.2, 0) is 4.74 Å². The summed E-state index contributed by atoms with van der Waals surface area (Å²) in [7, 11) is 0. The van der Waals surface area contributed by atoms with Crippen LogP contribution in [-0.4, -0.2) is 11.7 Å². The van der Waals surface area contributed by atoms with Crippen molar-refractivity contribution in [2.45, 2.75) is 6.92 Å². The molecule has 1 rings (SSSR count). The SMILES string of the molecule is CCOC(=S)/C=C(\S)c1ccccc1. The molecule has 0 fully saturated rings. The van der Waals surface area contributed by atoms with Gasteiger partial charge in [0, 0.05) is 11.0 Å². The van der Waals surface area contributed by atoms with E-state index in [2.05, 4.69) is 12.6 Å². The lowest BCUT2D eigenvalue weighted by Gasteiger charge is -2.02. The van der Waals surface area contributed by atoms with Crippen molar-refractivity contribution in [3.8, 4) is 0 Å². The molecule has 0 aromatic heterocycles. The molecule has 0 heterocycles. The molecule has 0 saturated heterocycles. The standard InChI is InChI=1S/C11H12OS2/c1-2-12-11(14)8-10(13)9-6-4-3-5-7-9/h3-8,13H,2H2,1H3/b10-8-. The van der Waals surface area contributed by atoms with Gasteiger partial charge in [0.1, 0.15) is 0 Å². The molecule has 0 aliphatic rings. The Labute approximate surface area is 95.2 Å². The van der Waals surface area contributed by atoms with Crippen molar-refractivity contribution in [2.75, 3.05) is 6.61 Å². The van der Waals surface area contributed by atoms with E-state index in [1.165, 1.54) is 0 Å². The van der Waals surface area contributed by atoms with Crippen LogP contribution < -0.4 is 0 Å². The predicted octanol–water partition coefficient (Wildman–Crippen LogP) is 3.32. The molecule has 1 aromatic rings. The summed E-state index contributed by atoms with van der Waals surface area (Å²) in [6.45, 7) is 2.49. The average molecular weight is 224 g/mol. The zero-order chi connectivity index (χ0) is 10.4. The first kappa shape index (κ1) is 11.3. The second-order valence-corrected chi connectivity index (χ2v) is 3.53. The van der Waals surface area contributed by atoms with E-state index in [9.17, 15) is 0 Å². The number of hydrogen-bond acceptors (Lipinski definition) is 3.